The maximum Gasteiger partial charge on any atom is 0.338 e. The van der Waals surface area contributed by atoms with Gasteiger partial charge in [-0.15, -0.1) is 0 Å². The summed E-state index contributed by atoms with van der Waals surface area (Å²) in [6.45, 7) is 9.44. The number of nitrogens with one attached hydrogen (secondary N) is 1. The molecule has 0 atom stereocenters. The van der Waals surface area contributed by atoms with Crippen molar-refractivity contribution in [2.24, 2.45) is 0 Å². The van der Waals surface area contributed by atoms with E-state index in [9.17, 15) is 9.59 Å². The molecule has 0 aliphatic carbocycles. The number of carbonyl (C=O) groups excluding carboxylic acids is 1. The summed E-state index contributed by atoms with van der Waals surface area (Å²) in [7, 11) is 0. The first-order chi connectivity index (χ1) is 13.1. The van der Waals surface area contributed by atoms with E-state index in [1.54, 1.807) is 12.2 Å². The van der Waals surface area contributed by atoms with Crippen molar-refractivity contribution in [1.82, 2.24) is 14.2 Å². The largest absolute Gasteiger partial charge is 0.338 e. The Morgan fingerprint density at radius 3 is 2.56 bits per heavy atom. The monoisotopic (exact) mass is 383 g/mol. The van der Waals surface area contributed by atoms with Crippen molar-refractivity contribution in [3.63, 3.8) is 0 Å². The highest BCUT2D eigenvalue weighted by atomic mass is 32.1. The van der Waals surface area contributed by atoms with Crippen LogP contribution in [-0.4, -0.2) is 28.0 Å². The van der Waals surface area contributed by atoms with E-state index in [4.69, 9.17) is 0 Å². The highest BCUT2D eigenvalue weighted by Crippen LogP contribution is 2.13. The fourth-order valence-corrected chi connectivity index (χ4v) is 3.93. The van der Waals surface area contributed by atoms with E-state index in [2.05, 4.69) is 28.9 Å². The Hall–Kier alpha value is -2.44. The van der Waals surface area contributed by atoms with Gasteiger partial charge in [0, 0.05) is 13.1 Å². The maximum absolute atomic E-state index is 12.4. The topological polar surface area (TPSA) is 54.3 Å². The van der Waals surface area contributed by atoms with Crippen LogP contribution in [0.3, 0.4) is 0 Å². The summed E-state index contributed by atoms with van der Waals surface area (Å²) in [6, 6.07) is 7.85. The standard InChI is InChI=1S/C21H25N3O2S/c1-3-4-7-19-16(2)27-24(20(19)25)21(26)22-14-17-8-10-18(11-9-17)15-23-12-5-6-13-23/h3-4,7-11H,2,5-6,12-15H2,1H3,(H,22,26)/b4-3-,19-7+. The number of aromatic nitrogens is 1. The normalized spacial score (nSPS) is 15.7. The van der Waals surface area contributed by atoms with Gasteiger partial charge in [0.15, 0.2) is 0 Å². The summed E-state index contributed by atoms with van der Waals surface area (Å²) in [4.78, 5) is 27.2. The van der Waals surface area contributed by atoms with Crippen LogP contribution < -0.4 is 20.6 Å². The highest BCUT2D eigenvalue weighted by Gasteiger charge is 2.12. The fraction of sp³-hybridized carbons (Fsp3) is 0.333. The first-order valence-electron chi connectivity index (χ1n) is 9.21. The molecule has 3 rings (SSSR count). The zero-order chi connectivity index (χ0) is 19.2. The first-order valence-corrected chi connectivity index (χ1v) is 9.98. The van der Waals surface area contributed by atoms with Crippen LogP contribution in [0.5, 0.6) is 0 Å². The molecule has 27 heavy (non-hydrogen) atoms. The highest BCUT2D eigenvalue weighted by molar-refractivity contribution is 7.05. The van der Waals surface area contributed by atoms with Crippen LogP contribution in [0.4, 0.5) is 4.79 Å². The molecule has 1 aliphatic rings. The third kappa shape index (κ3) is 4.84. The third-order valence-corrected chi connectivity index (χ3v) is 5.58. The smallest absolute Gasteiger partial charge is 0.333 e. The molecule has 0 radical (unpaired) electrons. The van der Waals surface area contributed by atoms with E-state index in [1.165, 1.54) is 31.5 Å². The minimum atomic E-state index is -0.420. The van der Waals surface area contributed by atoms with Gasteiger partial charge in [0.2, 0.25) is 0 Å². The molecular formula is C21H25N3O2S. The number of amides is 1. The van der Waals surface area contributed by atoms with E-state index in [1.807, 2.05) is 25.1 Å². The van der Waals surface area contributed by atoms with Crippen molar-refractivity contribution < 1.29 is 4.79 Å². The lowest BCUT2D eigenvalue weighted by Crippen LogP contribution is -2.39. The number of likely N-dealkylation sites (tertiary alicyclic amines) is 1. The minimum absolute atomic E-state index is 0.332. The van der Waals surface area contributed by atoms with Crippen molar-refractivity contribution in [1.29, 1.82) is 0 Å². The van der Waals surface area contributed by atoms with E-state index >= 15 is 0 Å². The molecule has 2 heterocycles. The van der Waals surface area contributed by atoms with Crippen LogP contribution in [0.15, 0.2) is 41.2 Å². The molecule has 1 amide bonds. The van der Waals surface area contributed by atoms with Crippen LogP contribution >= 0.6 is 11.5 Å². The predicted octanol–water partition coefficient (Wildman–Crippen LogP) is 2.03. The summed E-state index contributed by atoms with van der Waals surface area (Å²) in [6.07, 6.45) is 7.85. The summed E-state index contributed by atoms with van der Waals surface area (Å²) in [5.41, 5.74) is 1.96. The van der Waals surface area contributed by atoms with Gasteiger partial charge >= 0.3 is 6.03 Å². The van der Waals surface area contributed by atoms with Gasteiger partial charge in [-0.1, -0.05) is 43.0 Å². The molecule has 1 aromatic heterocycles. The molecule has 1 saturated heterocycles. The van der Waals surface area contributed by atoms with Crippen LogP contribution in [-0.2, 0) is 13.1 Å². The molecule has 6 heteroatoms. The second-order valence-corrected chi connectivity index (χ2v) is 7.72. The fourth-order valence-electron chi connectivity index (χ4n) is 3.13. The van der Waals surface area contributed by atoms with Crippen LogP contribution in [0.2, 0.25) is 0 Å². The molecule has 2 aromatic rings. The van der Waals surface area contributed by atoms with E-state index < -0.39 is 6.03 Å². The molecule has 1 aliphatic heterocycles. The SMILES string of the molecule is C=c1sn(C(=O)NCc2ccc(CN3CCCC3)cc2)c(=O)/c1=C/C=C\C. The van der Waals surface area contributed by atoms with Crippen LogP contribution in [0, 0.1) is 0 Å². The lowest BCUT2D eigenvalue weighted by Gasteiger charge is -2.14. The summed E-state index contributed by atoms with van der Waals surface area (Å²) < 4.78 is 1.71. The van der Waals surface area contributed by atoms with Gasteiger partial charge < -0.3 is 5.32 Å². The molecule has 0 saturated carbocycles. The van der Waals surface area contributed by atoms with Crippen molar-refractivity contribution in [3.8, 4) is 0 Å². The number of rotatable bonds is 5. The zero-order valence-corrected chi connectivity index (χ0v) is 16.4. The number of hydrogen-bond acceptors (Lipinski definition) is 4. The number of allylic oxidation sites excluding steroid dienone is 2. The molecule has 0 unspecified atom stereocenters. The number of hydrogen-bond donors (Lipinski definition) is 1. The molecule has 1 aromatic carbocycles. The van der Waals surface area contributed by atoms with Crippen molar-refractivity contribution in [2.75, 3.05) is 13.1 Å². The number of carbonyl (C=O) groups is 1. The molecule has 0 bridgehead atoms. The van der Waals surface area contributed by atoms with Gasteiger partial charge in [-0.25, -0.2) is 4.79 Å². The average Bonchev–Trinajstić information content (AvgIpc) is 3.27. The molecule has 142 valence electrons. The Morgan fingerprint density at radius 2 is 1.89 bits per heavy atom. The summed E-state index contributed by atoms with van der Waals surface area (Å²) in [5.74, 6) is 0. The van der Waals surface area contributed by atoms with Gasteiger partial charge in [-0.05, 0) is 61.6 Å². The Labute approximate surface area is 163 Å². The zero-order valence-electron chi connectivity index (χ0n) is 15.6. The Morgan fingerprint density at radius 1 is 1.22 bits per heavy atom. The van der Waals surface area contributed by atoms with Crippen molar-refractivity contribution in [3.05, 3.63) is 67.6 Å². The Bertz CT molecular complexity index is 980. The second kappa shape index (κ2) is 8.97. The lowest BCUT2D eigenvalue weighted by molar-refractivity contribution is 0.243. The molecule has 1 fully saturated rings. The lowest BCUT2D eigenvalue weighted by atomic mass is 10.1. The van der Waals surface area contributed by atoms with Crippen LogP contribution in [0.25, 0.3) is 12.7 Å². The first kappa shape index (κ1) is 19.3. The van der Waals surface area contributed by atoms with Crippen molar-refractivity contribution >= 4 is 30.2 Å². The molecular weight excluding hydrogens is 358 g/mol. The quantitative estimate of drug-likeness (QED) is 0.860. The average molecular weight is 384 g/mol. The molecule has 5 nitrogen and oxygen atoms in total. The predicted molar refractivity (Wildman–Crippen MR) is 111 cm³/mol. The van der Waals surface area contributed by atoms with Gasteiger partial charge in [0.25, 0.3) is 5.56 Å². The van der Waals surface area contributed by atoms with Gasteiger partial charge in [0.05, 0.1) is 9.75 Å². The number of nitrogens with zero attached hydrogens (tertiary/aromatic N) is 2. The Balaban J connectivity index is 1.62. The number of benzene rings is 1. The summed E-state index contributed by atoms with van der Waals surface area (Å²) in [5, 5.41) is 3.27. The summed E-state index contributed by atoms with van der Waals surface area (Å²) >= 11 is 1.07. The minimum Gasteiger partial charge on any atom is -0.333 e. The van der Waals surface area contributed by atoms with E-state index in [0.717, 1.165) is 27.6 Å². The van der Waals surface area contributed by atoms with Gasteiger partial charge in [-0.2, -0.15) is 3.96 Å². The van der Waals surface area contributed by atoms with Gasteiger partial charge in [-0.3, -0.25) is 9.69 Å². The van der Waals surface area contributed by atoms with E-state index in [0.29, 0.717) is 16.3 Å². The third-order valence-electron chi connectivity index (χ3n) is 4.63. The maximum atomic E-state index is 12.4. The van der Waals surface area contributed by atoms with E-state index in [-0.39, 0.29) is 5.56 Å². The van der Waals surface area contributed by atoms with Gasteiger partial charge in [0.1, 0.15) is 0 Å². The molecule has 1 N–H and O–H groups in total. The molecule has 0 spiro atoms. The Kier molecular flexibility index (Phi) is 6.42. The van der Waals surface area contributed by atoms with Crippen molar-refractivity contribution in [2.45, 2.75) is 32.9 Å². The second-order valence-electron chi connectivity index (χ2n) is 6.68. The van der Waals surface area contributed by atoms with Crippen LogP contribution in [0.1, 0.15) is 30.9 Å².